The maximum atomic E-state index is 6.28. The van der Waals surface area contributed by atoms with Crippen LogP contribution in [-0.2, 0) is 5.54 Å². The number of pyridine rings is 1. The molecule has 122 valence electrons. The van der Waals surface area contributed by atoms with E-state index in [4.69, 9.17) is 20.2 Å². The second kappa shape index (κ2) is 5.08. The summed E-state index contributed by atoms with van der Waals surface area (Å²) in [4.78, 5) is 9.22. The van der Waals surface area contributed by atoms with Crippen molar-refractivity contribution in [2.24, 2.45) is 10.7 Å². The summed E-state index contributed by atoms with van der Waals surface area (Å²) >= 11 is 0. The van der Waals surface area contributed by atoms with Gasteiger partial charge < -0.3 is 15.2 Å². The molecule has 2 aliphatic rings. The van der Waals surface area contributed by atoms with E-state index in [0.29, 0.717) is 5.84 Å². The zero-order chi connectivity index (χ0) is 16.9. The van der Waals surface area contributed by atoms with Crippen molar-refractivity contribution in [2.45, 2.75) is 5.54 Å². The largest absolute Gasteiger partial charge is 0.454 e. The van der Waals surface area contributed by atoms with Gasteiger partial charge in [0.2, 0.25) is 6.79 Å². The third-order valence-electron chi connectivity index (χ3n) is 4.75. The molecule has 3 aromatic rings. The number of aromatic nitrogens is 1. The summed E-state index contributed by atoms with van der Waals surface area (Å²) in [6, 6.07) is 17.9. The van der Waals surface area contributed by atoms with Gasteiger partial charge in [0.1, 0.15) is 11.4 Å². The second-order valence-corrected chi connectivity index (χ2v) is 6.06. The average molecular weight is 329 g/mol. The van der Waals surface area contributed by atoms with Gasteiger partial charge in [-0.1, -0.05) is 36.4 Å². The predicted octanol–water partition coefficient (Wildman–Crippen LogP) is 2.82. The lowest BCUT2D eigenvalue weighted by Crippen LogP contribution is -2.25. The number of benzene rings is 2. The molecule has 0 bridgehead atoms. The zero-order valence-electron chi connectivity index (χ0n) is 13.3. The predicted molar refractivity (Wildman–Crippen MR) is 93.9 cm³/mol. The highest BCUT2D eigenvalue weighted by Crippen LogP contribution is 2.47. The van der Waals surface area contributed by atoms with Crippen molar-refractivity contribution < 1.29 is 9.47 Å². The number of hydrogen-bond acceptors (Lipinski definition) is 5. The molecular formula is C20H15N3O2. The molecule has 0 radical (unpaired) electrons. The molecule has 0 aliphatic carbocycles. The van der Waals surface area contributed by atoms with Crippen LogP contribution in [0, 0.1) is 0 Å². The first kappa shape index (κ1) is 14.0. The Morgan fingerprint density at radius 1 is 0.920 bits per heavy atom. The highest BCUT2D eigenvalue weighted by Gasteiger charge is 2.43. The van der Waals surface area contributed by atoms with E-state index in [1.54, 1.807) is 6.20 Å². The van der Waals surface area contributed by atoms with Crippen molar-refractivity contribution in [1.29, 1.82) is 0 Å². The molecule has 2 aliphatic heterocycles. The summed E-state index contributed by atoms with van der Waals surface area (Å²) in [7, 11) is 0. The molecule has 0 saturated heterocycles. The Balaban J connectivity index is 1.83. The van der Waals surface area contributed by atoms with Gasteiger partial charge in [0, 0.05) is 23.5 Å². The van der Waals surface area contributed by atoms with Gasteiger partial charge >= 0.3 is 0 Å². The summed E-state index contributed by atoms with van der Waals surface area (Å²) in [6.07, 6.45) is 3.59. The highest BCUT2D eigenvalue weighted by atomic mass is 16.7. The molecule has 2 N–H and O–H groups in total. The van der Waals surface area contributed by atoms with Crippen LogP contribution < -0.4 is 15.2 Å². The van der Waals surface area contributed by atoms with Crippen LogP contribution in [0.4, 0.5) is 0 Å². The van der Waals surface area contributed by atoms with E-state index in [9.17, 15) is 0 Å². The number of nitrogens with two attached hydrogens (primary N) is 1. The lowest BCUT2D eigenvalue weighted by Gasteiger charge is -2.28. The normalized spacial score (nSPS) is 20.2. The molecular weight excluding hydrogens is 314 g/mol. The average Bonchev–Trinajstić information content (AvgIpc) is 3.25. The molecule has 25 heavy (non-hydrogen) atoms. The Kier molecular flexibility index (Phi) is 2.85. The Morgan fingerprint density at radius 2 is 1.80 bits per heavy atom. The Bertz CT molecular complexity index is 1000. The Labute approximate surface area is 144 Å². The van der Waals surface area contributed by atoms with E-state index in [2.05, 4.69) is 11.1 Å². The summed E-state index contributed by atoms with van der Waals surface area (Å²) in [6.45, 7) is 0.237. The maximum Gasteiger partial charge on any atom is 0.231 e. The van der Waals surface area contributed by atoms with Crippen LogP contribution in [0.3, 0.4) is 0 Å². The van der Waals surface area contributed by atoms with E-state index < -0.39 is 5.54 Å². The van der Waals surface area contributed by atoms with Gasteiger partial charge in [-0.05, 0) is 29.3 Å². The lowest BCUT2D eigenvalue weighted by atomic mass is 9.78. The van der Waals surface area contributed by atoms with Crippen LogP contribution in [0.1, 0.15) is 22.3 Å². The number of hydrogen-bond donors (Lipinski definition) is 1. The fourth-order valence-corrected chi connectivity index (χ4v) is 3.63. The van der Waals surface area contributed by atoms with Crippen LogP contribution in [0.15, 0.2) is 72.0 Å². The summed E-state index contributed by atoms with van der Waals surface area (Å²) in [5.74, 6) is 1.99. The first-order valence-corrected chi connectivity index (χ1v) is 8.05. The first-order valence-electron chi connectivity index (χ1n) is 8.05. The molecule has 1 aromatic heterocycles. The standard InChI is InChI=1S/C20H15N3O2/c21-19-15-5-1-2-6-16(15)20(23-19,14-4-3-9-22-11-14)13-7-8-17-18(10-13)25-12-24-17/h1-11H,12H2,(H2,21,23). The topological polar surface area (TPSA) is 69.7 Å². The smallest absolute Gasteiger partial charge is 0.231 e. The number of ether oxygens (including phenoxy) is 2. The van der Waals surface area contributed by atoms with E-state index >= 15 is 0 Å². The van der Waals surface area contributed by atoms with E-state index in [-0.39, 0.29) is 6.79 Å². The number of amidine groups is 1. The third kappa shape index (κ3) is 1.89. The Morgan fingerprint density at radius 3 is 2.68 bits per heavy atom. The van der Waals surface area contributed by atoms with Gasteiger partial charge in [-0.15, -0.1) is 0 Å². The lowest BCUT2D eigenvalue weighted by molar-refractivity contribution is 0.174. The van der Waals surface area contributed by atoms with Gasteiger partial charge in [-0.3, -0.25) is 4.98 Å². The van der Waals surface area contributed by atoms with Crippen molar-refractivity contribution in [3.63, 3.8) is 0 Å². The van der Waals surface area contributed by atoms with E-state index in [1.807, 2.05) is 54.7 Å². The van der Waals surface area contributed by atoms with Gasteiger partial charge in [0.05, 0.1) is 0 Å². The minimum absolute atomic E-state index is 0.237. The highest BCUT2D eigenvalue weighted by molar-refractivity contribution is 6.03. The zero-order valence-corrected chi connectivity index (χ0v) is 13.3. The van der Waals surface area contributed by atoms with Crippen molar-refractivity contribution in [1.82, 2.24) is 4.98 Å². The van der Waals surface area contributed by atoms with Crippen LogP contribution >= 0.6 is 0 Å². The molecule has 0 amide bonds. The summed E-state index contributed by atoms with van der Waals surface area (Å²) in [5.41, 5.74) is 9.46. The van der Waals surface area contributed by atoms with Crippen molar-refractivity contribution in [2.75, 3.05) is 6.79 Å². The van der Waals surface area contributed by atoms with Crippen LogP contribution in [0.2, 0.25) is 0 Å². The number of aliphatic imine (C=N–C) groups is 1. The minimum Gasteiger partial charge on any atom is -0.454 e. The molecule has 0 fully saturated rings. The Hall–Kier alpha value is -3.34. The van der Waals surface area contributed by atoms with Crippen LogP contribution in [0.25, 0.3) is 0 Å². The molecule has 2 aromatic carbocycles. The van der Waals surface area contributed by atoms with Crippen LogP contribution in [0.5, 0.6) is 11.5 Å². The van der Waals surface area contributed by atoms with Crippen LogP contribution in [-0.4, -0.2) is 17.6 Å². The molecule has 5 heteroatoms. The van der Waals surface area contributed by atoms with Gasteiger partial charge in [-0.25, -0.2) is 4.99 Å². The molecule has 0 saturated carbocycles. The van der Waals surface area contributed by atoms with Gasteiger partial charge in [0.15, 0.2) is 11.5 Å². The van der Waals surface area contributed by atoms with Gasteiger partial charge in [0.25, 0.3) is 0 Å². The molecule has 3 heterocycles. The minimum atomic E-state index is -0.740. The van der Waals surface area contributed by atoms with Crippen molar-refractivity contribution >= 4 is 5.84 Å². The maximum absolute atomic E-state index is 6.28. The fourth-order valence-electron chi connectivity index (χ4n) is 3.63. The van der Waals surface area contributed by atoms with Gasteiger partial charge in [-0.2, -0.15) is 0 Å². The molecule has 1 unspecified atom stereocenters. The third-order valence-corrected chi connectivity index (χ3v) is 4.75. The SMILES string of the molecule is NC1=NC(c2cccnc2)(c2ccc3c(c2)OCO3)c2ccccc21. The molecule has 0 spiro atoms. The quantitative estimate of drug-likeness (QED) is 0.785. The van der Waals surface area contributed by atoms with E-state index in [0.717, 1.165) is 33.8 Å². The molecule has 5 nitrogen and oxygen atoms in total. The fraction of sp³-hybridized carbons (Fsp3) is 0.100. The number of nitrogens with zero attached hydrogens (tertiary/aromatic N) is 2. The second-order valence-electron chi connectivity index (χ2n) is 6.06. The van der Waals surface area contributed by atoms with E-state index in [1.165, 1.54) is 0 Å². The number of rotatable bonds is 2. The number of fused-ring (bicyclic) bond motifs is 2. The summed E-state index contributed by atoms with van der Waals surface area (Å²) in [5, 5.41) is 0. The van der Waals surface area contributed by atoms with Crippen molar-refractivity contribution in [3.8, 4) is 11.5 Å². The molecule has 5 rings (SSSR count). The first-order chi connectivity index (χ1) is 12.3. The summed E-state index contributed by atoms with van der Waals surface area (Å²) < 4.78 is 11.0. The molecule has 1 atom stereocenters. The monoisotopic (exact) mass is 329 g/mol. The van der Waals surface area contributed by atoms with Crippen molar-refractivity contribution in [3.05, 3.63) is 89.2 Å².